The summed E-state index contributed by atoms with van der Waals surface area (Å²) in [6.07, 6.45) is 6.72. The number of aryl methyl sites for hydroxylation is 1. The maximum Gasteiger partial charge on any atom is 0.220 e. The van der Waals surface area contributed by atoms with Gasteiger partial charge in [0.15, 0.2) is 0 Å². The van der Waals surface area contributed by atoms with Crippen LogP contribution in [0.5, 0.6) is 0 Å². The maximum atomic E-state index is 12.1. The Balaban J connectivity index is 1.51. The third-order valence-electron chi connectivity index (χ3n) is 4.97. The first-order chi connectivity index (χ1) is 10.2. The number of aliphatic hydroxyl groups is 1. The Morgan fingerprint density at radius 1 is 1.38 bits per heavy atom. The van der Waals surface area contributed by atoms with Crippen LogP contribution in [-0.4, -0.2) is 41.4 Å². The number of nitrogens with zero attached hydrogens (tertiary/aromatic N) is 1. The van der Waals surface area contributed by atoms with Gasteiger partial charge in [-0.15, -0.1) is 0 Å². The van der Waals surface area contributed by atoms with Crippen LogP contribution in [0.4, 0.5) is 0 Å². The fourth-order valence-corrected chi connectivity index (χ4v) is 3.47. The Morgan fingerprint density at radius 3 is 2.76 bits per heavy atom. The second-order valence-electron chi connectivity index (χ2n) is 6.07. The number of hydrogen-bond donors (Lipinski definition) is 2. The van der Waals surface area contributed by atoms with Crippen LogP contribution in [0.1, 0.15) is 31.2 Å². The highest BCUT2D eigenvalue weighted by Crippen LogP contribution is 2.48. The van der Waals surface area contributed by atoms with E-state index in [-0.39, 0.29) is 23.5 Å². The highest BCUT2D eigenvalue weighted by atomic mass is 16.5. The number of rotatable bonds is 4. The molecule has 114 valence electrons. The van der Waals surface area contributed by atoms with Gasteiger partial charge < -0.3 is 15.2 Å². The predicted octanol–water partition coefficient (Wildman–Crippen LogP) is 1.06. The van der Waals surface area contributed by atoms with Crippen molar-refractivity contribution in [3.8, 4) is 0 Å². The summed E-state index contributed by atoms with van der Waals surface area (Å²) in [6.45, 7) is 1.36. The highest BCUT2D eigenvalue weighted by Gasteiger charge is 2.55. The van der Waals surface area contributed by atoms with Gasteiger partial charge in [0.25, 0.3) is 0 Å². The number of hydrogen-bond acceptors (Lipinski definition) is 4. The number of pyridine rings is 1. The highest BCUT2D eigenvalue weighted by molar-refractivity contribution is 5.76. The second-order valence-corrected chi connectivity index (χ2v) is 6.07. The number of carbonyl (C=O) groups excluding carboxylic acids is 1. The van der Waals surface area contributed by atoms with Gasteiger partial charge in [-0.25, -0.2) is 0 Å². The van der Waals surface area contributed by atoms with E-state index >= 15 is 0 Å². The Kier molecular flexibility index (Phi) is 4.22. The summed E-state index contributed by atoms with van der Waals surface area (Å²) in [5, 5.41) is 13.2. The summed E-state index contributed by atoms with van der Waals surface area (Å²) >= 11 is 0. The molecule has 1 aromatic rings. The molecule has 5 nitrogen and oxygen atoms in total. The Hall–Kier alpha value is -1.46. The third kappa shape index (κ3) is 2.94. The van der Waals surface area contributed by atoms with Gasteiger partial charge in [0, 0.05) is 43.5 Å². The molecule has 0 bridgehead atoms. The van der Waals surface area contributed by atoms with E-state index in [9.17, 15) is 9.90 Å². The molecule has 1 amide bonds. The zero-order valence-corrected chi connectivity index (χ0v) is 12.1. The van der Waals surface area contributed by atoms with Crippen molar-refractivity contribution in [3.63, 3.8) is 0 Å². The van der Waals surface area contributed by atoms with Gasteiger partial charge in [-0.3, -0.25) is 9.78 Å². The molecule has 1 saturated heterocycles. The van der Waals surface area contributed by atoms with Crippen LogP contribution in [0.25, 0.3) is 0 Å². The summed E-state index contributed by atoms with van der Waals surface area (Å²) in [5.41, 5.74) is 0.972. The minimum absolute atomic E-state index is 0.0644. The molecule has 1 aliphatic heterocycles. The van der Waals surface area contributed by atoms with Gasteiger partial charge in [-0.1, -0.05) is 0 Å². The van der Waals surface area contributed by atoms with E-state index in [1.54, 1.807) is 12.4 Å². The standard InChI is InChI=1S/C16H22N2O3/c19-14-11-13(16(14)5-9-21-10-6-16)18-15(20)2-1-12-3-7-17-8-4-12/h3-4,7-8,13-14,19H,1-2,5-6,9-11H2,(H,18,20)/t13-,14-/m1/s1. The zero-order chi connectivity index (χ0) is 14.7. The van der Waals surface area contributed by atoms with Crippen LogP contribution in [0.3, 0.4) is 0 Å². The van der Waals surface area contributed by atoms with Gasteiger partial charge in [-0.2, -0.15) is 0 Å². The molecule has 2 fully saturated rings. The second kappa shape index (κ2) is 6.12. The zero-order valence-electron chi connectivity index (χ0n) is 12.1. The molecule has 2 atom stereocenters. The summed E-state index contributed by atoms with van der Waals surface area (Å²) in [6, 6.07) is 3.96. The molecule has 1 saturated carbocycles. The lowest BCUT2D eigenvalue weighted by atomic mass is 9.58. The van der Waals surface area contributed by atoms with Crippen molar-refractivity contribution >= 4 is 5.91 Å². The van der Waals surface area contributed by atoms with Gasteiger partial charge in [0.2, 0.25) is 5.91 Å². The molecule has 3 rings (SSSR count). The topological polar surface area (TPSA) is 71.5 Å². The van der Waals surface area contributed by atoms with Crippen LogP contribution in [0, 0.1) is 5.41 Å². The average molecular weight is 290 g/mol. The summed E-state index contributed by atoms with van der Waals surface area (Å²) in [7, 11) is 0. The lowest BCUT2D eigenvalue weighted by Crippen LogP contribution is -2.65. The lowest BCUT2D eigenvalue weighted by Gasteiger charge is -2.55. The van der Waals surface area contributed by atoms with Crippen molar-refractivity contribution < 1.29 is 14.6 Å². The van der Waals surface area contributed by atoms with E-state index in [4.69, 9.17) is 4.74 Å². The quantitative estimate of drug-likeness (QED) is 0.870. The number of ether oxygens (including phenoxy) is 1. The van der Waals surface area contributed by atoms with E-state index in [1.807, 2.05) is 12.1 Å². The van der Waals surface area contributed by atoms with Gasteiger partial charge in [0.1, 0.15) is 0 Å². The smallest absolute Gasteiger partial charge is 0.220 e. The largest absolute Gasteiger partial charge is 0.392 e. The fourth-order valence-electron chi connectivity index (χ4n) is 3.47. The van der Waals surface area contributed by atoms with Crippen LogP contribution >= 0.6 is 0 Å². The van der Waals surface area contributed by atoms with Crippen LogP contribution < -0.4 is 5.32 Å². The lowest BCUT2D eigenvalue weighted by molar-refractivity contribution is -0.156. The minimum Gasteiger partial charge on any atom is -0.392 e. The Labute approximate surface area is 124 Å². The molecule has 1 spiro atoms. The molecule has 0 radical (unpaired) electrons. The van der Waals surface area contributed by atoms with E-state index in [0.29, 0.717) is 26.1 Å². The molecule has 5 heteroatoms. The number of nitrogens with one attached hydrogen (secondary N) is 1. The molecule has 0 unspecified atom stereocenters. The summed E-state index contributed by atoms with van der Waals surface area (Å²) in [5.74, 6) is 0.0644. The average Bonchev–Trinajstić information content (AvgIpc) is 2.54. The number of aromatic nitrogens is 1. The van der Waals surface area contributed by atoms with Crippen molar-refractivity contribution in [2.45, 2.75) is 44.2 Å². The van der Waals surface area contributed by atoms with E-state index in [2.05, 4.69) is 10.3 Å². The van der Waals surface area contributed by atoms with E-state index < -0.39 is 0 Å². The summed E-state index contributed by atoms with van der Waals surface area (Å²) in [4.78, 5) is 16.1. The van der Waals surface area contributed by atoms with Crippen molar-refractivity contribution in [1.29, 1.82) is 0 Å². The third-order valence-corrected chi connectivity index (χ3v) is 4.97. The first kappa shape index (κ1) is 14.5. The van der Waals surface area contributed by atoms with Crippen molar-refractivity contribution in [2.75, 3.05) is 13.2 Å². The van der Waals surface area contributed by atoms with Crippen LogP contribution in [-0.2, 0) is 16.0 Å². The maximum absolute atomic E-state index is 12.1. The van der Waals surface area contributed by atoms with E-state index in [0.717, 1.165) is 24.8 Å². The van der Waals surface area contributed by atoms with Crippen molar-refractivity contribution in [1.82, 2.24) is 10.3 Å². The molecule has 21 heavy (non-hydrogen) atoms. The molecule has 2 aliphatic rings. The number of carbonyl (C=O) groups is 1. The SMILES string of the molecule is O=C(CCc1ccncc1)N[C@@H]1C[C@@H](O)C12CCOCC2. The predicted molar refractivity (Wildman–Crippen MR) is 77.6 cm³/mol. The van der Waals surface area contributed by atoms with E-state index in [1.165, 1.54) is 0 Å². The molecule has 1 aliphatic carbocycles. The van der Waals surface area contributed by atoms with Crippen LogP contribution in [0.15, 0.2) is 24.5 Å². The molecular weight excluding hydrogens is 268 g/mol. The molecule has 2 heterocycles. The molecule has 1 aromatic heterocycles. The minimum atomic E-state index is -0.299. The number of aliphatic hydroxyl groups excluding tert-OH is 1. The van der Waals surface area contributed by atoms with Crippen LogP contribution in [0.2, 0.25) is 0 Å². The summed E-state index contributed by atoms with van der Waals surface area (Å²) < 4.78 is 5.38. The first-order valence-electron chi connectivity index (χ1n) is 7.65. The normalized spacial score (nSPS) is 27.1. The monoisotopic (exact) mass is 290 g/mol. The van der Waals surface area contributed by atoms with Crippen molar-refractivity contribution in [3.05, 3.63) is 30.1 Å². The van der Waals surface area contributed by atoms with Gasteiger partial charge >= 0.3 is 0 Å². The van der Waals surface area contributed by atoms with Crippen molar-refractivity contribution in [2.24, 2.45) is 5.41 Å². The Morgan fingerprint density at radius 2 is 2.10 bits per heavy atom. The van der Waals surface area contributed by atoms with Gasteiger partial charge in [0.05, 0.1) is 6.10 Å². The molecular formula is C16H22N2O3. The molecule has 0 aromatic carbocycles. The first-order valence-corrected chi connectivity index (χ1v) is 7.65. The fraction of sp³-hybridized carbons (Fsp3) is 0.625. The Bertz CT molecular complexity index is 486. The number of amides is 1. The van der Waals surface area contributed by atoms with Gasteiger partial charge in [-0.05, 0) is 43.4 Å². The molecule has 2 N–H and O–H groups in total.